The second-order valence-corrected chi connectivity index (χ2v) is 5.06. The van der Waals surface area contributed by atoms with Gasteiger partial charge in [0.25, 0.3) is 0 Å². The summed E-state index contributed by atoms with van der Waals surface area (Å²) in [5.41, 5.74) is 0. The molecule has 0 unspecified atom stereocenters. The summed E-state index contributed by atoms with van der Waals surface area (Å²) < 4.78 is 0. The quantitative estimate of drug-likeness (QED) is 0.533. The molecule has 1 nitrogen and oxygen atoms in total. The summed E-state index contributed by atoms with van der Waals surface area (Å²) in [6.45, 7) is 4.28. The molecule has 0 radical (unpaired) electrons. The molecule has 0 aliphatic carbocycles. The molecule has 0 aliphatic rings. The van der Waals surface area contributed by atoms with Crippen LogP contribution in [0.3, 0.4) is 0 Å². The van der Waals surface area contributed by atoms with Gasteiger partial charge in [-0.05, 0) is 6.07 Å². The van der Waals surface area contributed by atoms with Gasteiger partial charge in [0.2, 0.25) is 0 Å². The Labute approximate surface area is 74.8 Å². The molecule has 3 heteroatoms. The fourth-order valence-corrected chi connectivity index (χ4v) is 2.48. The molecule has 1 aromatic heterocycles. The number of aldehydes is 1. The van der Waals surface area contributed by atoms with E-state index in [4.69, 9.17) is 0 Å². The highest BCUT2D eigenvalue weighted by atomic mass is 32.2. The van der Waals surface area contributed by atoms with Gasteiger partial charge in [0, 0.05) is 15.5 Å². The summed E-state index contributed by atoms with van der Waals surface area (Å²) in [7, 11) is 0. The molecule has 0 fully saturated rings. The lowest BCUT2D eigenvalue weighted by molar-refractivity contribution is 0.112. The average Bonchev–Trinajstić information content (AvgIpc) is 2.34. The van der Waals surface area contributed by atoms with Crippen molar-refractivity contribution >= 4 is 29.4 Å². The molecular weight excluding hydrogens is 176 g/mol. The molecule has 1 rings (SSSR count). The van der Waals surface area contributed by atoms with Crippen LogP contribution in [-0.4, -0.2) is 11.5 Å². The maximum absolute atomic E-state index is 10.3. The molecule has 0 aliphatic heterocycles. The van der Waals surface area contributed by atoms with Crippen molar-refractivity contribution in [2.24, 2.45) is 0 Å². The van der Waals surface area contributed by atoms with Crippen LogP contribution in [0.4, 0.5) is 0 Å². The zero-order chi connectivity index (χ0) is 8.27. The number of carbonyl (C=O) groups excluding carboxylic acids is 1. The van der Waals surface area contributed by atoms with Crippen LogP contribution in [0.15, 0.2) is 16.3 Å². The van der Waals surface area contributed by atoms with Crippen LogP contribution < -0.4 is 0 Å². The maximum Gasteiger partial charge on any atom is 0.160 e. The summed E-state index contributed by atoms with van der Waals surface area (Å²) in [6.07, 6.45) is 0.898. The van der Waals surface area contributed by atoms with E-state index in [2.05, 4.69) is 13.8 Å². The van der Waals surface area contributed by atoms with E-state index in [0.717, 1.165) is 11.2 Å². The molecule has 60 valence electrons. The first-order chi connectivity index (χ1) is 5.22. The third-order valence-electron chi connectivity index (χ3n) is 1.08. The molecule has 0 saturated heterocycles. The van der Waals surface area contributed by atoms with Crippen LogP contribution in [0.5, 0.6) is 0 Å². The van der Waals surface area contributed by atoms with E-state index in [-0.39, 0.29) is 0 Å². The molecule has 0 atom stereocenters. The fraction of sp³-hybridized carbons (Fsp3) is 0.375. The van der Waals surface area contributed by atoms with Crippen LogP contribution in [0.1, 0.15) is 23.5 Å². The lowest BCUT2D eigenvalue weighted by Crippen LogP contribution is -1.83. The molecule has 0 amide bonds. The van der Waals surface area contributed by atoms with Crippen molar-refractivity contribution in [2.45, 2.75) is 24.0 Å². The molecular formula is C8H10OS2. The van der Waals surface area contributed by atoms with E-state index < -0.39 is 0 Å². The van der Waals surface area contributed by atoms with Gasteiger partial charge in [-0.1, -0.05) is 13.8 Å². The van der Waals surface area contributed by atoms with Crippen molar-refractivity contribution in [1.82, 2.24) is 0 Å². The molecule has 0 N–H and O–H groups in total. The summed E-state index contributed by atoms with van der Waals surface area (Å²) in [5.74, 6) is 0. The van der Waals surface area contributed by atoms with Crippen LogP contribution in [-0.2, 0) is 0 Å². The zero-order valence-corrected chi connectivity index (χ0v) is 8.17. The smallest absolute Gasteiger partial charge is 0.160 e. The Kier molecular flexibility index (Phi) is 3.15. The van der Waals surface area contributed by atoms with Crippen molar-refractivity contribution in [3.8, 4) is 0 Å². The highest BCUT2D eigenvalue weighted by Crippen LogP contribution is 2.26. The first-order valence-corrected chi connectivity index (χ1v) is 5.18. The predicted octanol–water partition coefficient (Wildman–Crippen LogP) is 3.06. The Bertz CT molecular complexity index is 240. The summed E-state index contributed by atoms with van der Waals surface area (Å²) >= 11 is 3.29. The van der Waals surface area contributed by atoms with E-state index in [1.807, 2.05) is 11.4 Å². The van der Waals surface area contributed by atoms with E-state index in [1.165, 1.54) is 16.2 Å². The SMILES string of the molecule is CC(C)Sc1csc(C=O)c1. The minimum absolute atomic E-state index is 0.587. The molecule has 0 bridgehead atoms. The number of hydrogen-bond acceptors (Lipinski definition) is 3. The van der Waals surface area contributed by atoms with Crippen molar-refractivity contribution in [2.75, 3.05) is 0 Å². The second kappa shape index (κ2) is 3.93. The lowest BCUT2D eigenvalue weighted by Gasteiger charge is -1.99. The van der Waals surface area contributed by atoms with E-state index in [9.17, 15) is 4.79 Å². The van der Waals surface area contributed by atoms with Crippen LogP contribution in [0.25, 0.3) is 0 Å². The first-order valence-electron chi connectivity index (χ1n) is 3.42. The fourth-order valence-electron chi connectivity index (χ4n) is 0.730. The number of carbonyl (C=O) groups is 1. The molecule has 0 aromatic carbocycles. The van der Waals surface area contributed by atoms with Crippen LogP contribution >= 0.6 is 23.1 Å². The minimum Gasteiger partial charge on any atom is -0.297 e. The summed E-state index contributed by atoms with van der Waals surface area (Å²) in [5, 5.41) is 2.61. The first kappa shape index (κ1) is 8.81. The number of hydrogen-bond donors (Lipinski definition) is 0. The highest BCUT2D eigenvalue weighted by Gasteiger charge is 2.00. The van der Waals surface area contributed by atoms with Crippen molar-refractivity contribution in [3.05, 3.63) is 16.3 Å². The standard InChI is InChI=1S/C8H10OS2/c1-6(2)11-8-3-7(4-9)10-5-8/h3-6H,1-2H3. The molecule has 1 aromatic rings. The van der Waals surface area contributed by atoms with Gasteiger partial charge in [-0.15, -0.1) is 23.1 Å². The van der Waals surface area contributed by atoms with Crippen molar-refractivity contribution in [3.63, 3.8) is 0 Å². The average molecular weight is 186 g/mol. The molecule has 1 heterocycles. The third kappa shape index (κ3) is 2.67. The Morgan fingerprint density at radius 1 is 1.64 bits per heavy atom. The third-order valence-corrected chi connectivity index (χ3v) is 3.07. The minimum atomic E-state index is 0.587. The van der Waals surface area contributed by atoms with Crippen molar-refractivity contribution in [1.29, 1.82) is 0 Å². The van der Waals surface area contributed by atoms with Crippen LogP contribution in [0, 0.1) is 0 Å². The van der Waals surface area contributed by atoms with Gasteiger partial charge >= 0.3 is 0 Å². The van der Waals surface area contributed by atoms with Gasteiger partial charge in [-0.2, -0.15) is 0 Å². The normalized spacial score (nSPS) is 10.5. The highest BCUT2D eigenvalue weighted by molar-refractivity contribution is 8.00. The Balaban J connectivity index is 2.65. The second-order valence-electron chi connectivity index (χ2n) is 2.47. The largest absolute Gasteiger partial charge is 0.297 e. The van der Waals surface area contributed by atoms with Gasteiger partial charge in [-0.25, -0.2) is 0 Å². The van der Waals surface area contributed by atoms with Gasteiger partial charge in [0.1, 0.15) is 0 Å². The molecule has 11 heavy (non-hydrogen) atoms. The van der Waals surface area contributed by atoms with E-state index in [0.29, 0.717) is 5.25 Å². The van der Waals surface area contributed by atoms with Crippen molar-refractivity contribution < 1.29 is 4.79 Å². The number of thiophene rings is 1. The predicted molar refractivity (Wildman–Crippen MR) is 50.7 cm³/mol. The van der Waals surface area contributed by atoms with Gasteiger partial charge < -0.3 is 0 Å². The number of rotatable bonds is 3. The van der Waals surface area contributed by atoms with Gasteiger partial charge in [0.15, 0.2) is 6.29 Å². The topological polar surface area (TPSA) is 17.1 Å². The van der Waals surface area contributed by atoms with Gasteiger partial charge in [0.05, 0.1) is 4.88 Å². The Morgan fingerprint density at radius 3 is 2.82 bits per heavy atom. The number of thioether (sulfide) groups is 1. The lowest BCUT2D eigenvalue weighted by atomic mass is 10.5. The monoisotopic (exact) mass is 186 g/mol. The summed E-state index contributed by atoms with van der Waals surface area (Å²) in [6, 6.07) is 1.93. The Morgan fingerprint density at radius 2 is 2.36 bits per heavy atom. The maximum atomic E-state index is 10.3. The van der Waals surface area contributed by atoms with E-state index >= 15 is 0 Å². The van der Waals surface area contributed by atoms with Crippen LogP contribution in [0.2, 0.25) is 0 Å². The Hall–Kier alpha value is -0.280. The van der Waals surface area contributed by atoms with E-state index in [1.54, 1.807) is 11.8 Å². The molecule has 0 spiro atoms. The zero-order valence-electron chi connectivity index (χ0n) is 6.53. The summed E-state index contributed by atoms with van der Waals surface area (Å²) in [4.78, 5) is 12.3. The molecule has 0 saturated carbocycles. The van der Waals surface area contributed by atoms with Gasteiger partial charge in [-0.3, -0.25) is 4.79 Å².